The Balaban J connectivity index is 1.49. The molecular formula is C35H43FN2O5. The number of carbonyl (C=O) groups is 1. The summed E-state index contributed by atoms with van der Waals surface area (Å²) < 4.78 is 31.6. The molecule has 0 saturated carbocycles. The summed E-state index contributed by atoms with van der Waals surface area (Å²) in [4.78, 5) is 19.9. The Morgan fingerprint density at radius 2 is 1.72 bits per heavy atom. The Kier molecular flexibility index (Phi) is 9.09. The van der Waals surface area contributed by atoms with Crippen LogP contribution in [0, 0.1) is 19.7 Å². The van der Waals surface area contributed by atoms with Crippen LogP contribution in [0.1, 0.15) is 75.1 Å². The van der Waals surface area contributed by atoms with Gasteiger partial charge in [-0.2, -0.15) is 0 Å². The van der Waals surface area contributed by atoms with Crippen molar-refractivity contribution in [1.82, 2.24) is 4.98 Å². The van der Waals surface area contributed by atoms with Gasteiger partial charge in [-0.1, -0.05) is 24.3 Å². The summed E-state index contributed by atoms with van der Waals surface area (Å²) in [5, 5.41) is 10.4. The molecule has 7 nitrogen and oxygen atoms in total. The molecule has 0 bridgehead atoms. The third kappa shape index (κ3) is 7.19. The number of piperidine rings is 1. The van der Waals surface area contributed by atoms with Gasteiger partial charge in [0.25, 0.3) is 0 Å². The number of pyridine rings is 1. The minimum Gasteiger partial charge on any atom is -0.493 e. The van der Waals surface area contributed by atoms with Crippen molar-refractivity contribution in [2.45, 2.75) is 84.0 Å². The van der Waals surface area contributed by atoms with Crippen LogP contribution in [0.4, 0.5) is 10.1 Å². The third-order valence-corrected chi connectivity index (χ3v) is 8.43. The standard InChI is InChI=1S/C35H43FN2O5/c1-23-29(26-9-13-28(14-10-26)41-22-15-25-7-11-27(36)12-8-25)31(38-19-17-35(18-20-38)16-6-21-42-35)30(24(2)37-23)32(33(39)40)43-34(3,4)5/h7-14,32H,6,15-22H2,1-5H3,(H,39,40). The number of carboxylic acid groups (broad SMARTS) is 1. The smallest absolute Gasteiger partial charge is 0.337 e. The van der Waals surface area contributed by atoms with Gasteiger partial charge in [0, 0.05) is 48.6 Å². The van der Waals surface area contributed by atoms with E-state index in [1.165, 1.54) is 12.1 Å². The van der Waals surface area contributed by atoms with Crippen molar-refractivity contribution >= 4 is 11.7 Å². The highest BCUT2D eigenvalue weighted by atomic mass is 19.1. The van der Waals surface area contributed by atoms with E-state index in [-0.39, 0.29) is 11.4 Å². The number of ether oxygens (including phenoxy) is 3. The van der Waals surface area contributed by atoms with Gasteiger partial charge in [0.1, 0.15) is 11.6 Å². The lowest BCUT2D eigenvalue weighted by molar-refractivity contribution is -0.160. The minimum absolute atomic E-state index is 0.0744. The number of carboxylic acids is 1. The maximum absolute atomic E-state index is 13.2. The fraction of sp³-hybridized carbons (Fsp3) is 0.486. The molecule has 0 aliphatic carbocycles. The van der Waals surface area contributed by atoms with E-state index in [0.717, 1.165) is 79.2 Å². The number of rotatable bonds is 9. The summed E-state index contributed by atoms with van der Waals surface area (Å²) in [5.74, 6) is -0.559. The number of benzene rings is 2. The first-order chi connectivity index (χ1) is 20.4. The van der Waals surface area contributed by atoms with E-state index >= 15 is 0 Å². The van der Waals surface area contributed by atoms with Crippen molar-refractivity contribution in [3.63, 3.8) is 0 Å². The summed E-state index contributed by atoms with van der Waals surface area (Å²) in [7, 11) is 0. The van der Waals surface area contributed by atoms with E-state index in [0.29, 0.717) is 24.3 Å². The fourth-order valence-electron chi connectivity index (χ4n) is 6.36. The molecule has 43 heavy (non-hydrogen) atoms. The molecule has 230 valence electrons. The van der Waals surface area contributed by atoms with Crippen LogP contribution in [0.5, 0.6) is 5.75 Å². The van der Waals surface area contributed by atoms with E-state index in [9.17, 15) is 14.3 Å². The fourth-order valence-corrected chi connectivity index (χ4v) is 6.36. The zero-order chi connectivity index (χ0) is 30.8. The molecule has 5 rings (SSSR count). The van der Waals surface area contributed by atoms with Gasteiger partial charge in [-0.3, -0.25) is 4.98 Å². The summed E-state index contributed by atoms with van der Waals surface area (Å²) >= 11 is 0. The molecule has 1 unspecified atom stereocenters. The topological polar surface area (TPSA) is 81.1 Å². The van der Waals surface area contributed by atoms with Crippen molar-refractivity contribution in [3.05, 3.63) is 76.9 Å². The average molecular weight is 591 g/mol. The molecule has 8 heteroatoms. The average Bonchev–Trinajstić information content (AvgIpc) is 3.41. The molecule has 3 aromatic rings. The molecule has 1 atom stereocenters. The largest absolute Gasteiger partial charge is 0.493 e. The second-order valence-corrected chi connectivity index (χ2v) is 12.7. The molecule has 2 saturated heterocycles. The molecule has 3 heterocycles. The monoisotopic (exact) mass is 590 g/mol. The van der Waals surface area contributed by atoms with Crippen molar-refractivity contribution in [2.24, 2.45) is 0 Å². The molecule has 2 fully saturated rings. The Morgan fingerprint density at radius 1 is 1.05 bits per heavy atom. The van der Waals surface area contributed by atoms with Crippen LogP contribution >= 0.6 is 0 Å². The zero-order valence-electron chi connectivity index (χ0n) is 25.9. The summed E-state index contributed by atoms with van der Waals surface area (Å²) in [6, 6.07) is 14.3. The van der Waals surface area contributed by atoms with Crippen molar-refractivity contribution in [1.29, 1.82) is 0 Å². The first-order valence-corrected chi connectivity index (χ1v) is 15.2. The number of halogens is 1. The molecule has 2 aliphatic rings. The van der Waals surface area contributed by atoms with Crippen LogP contribution in [-0.2, 0) is 20.7 Å². The summed E-state index contributed by atoms with van der Waals surface area (Å²) in [6.07, 6.45) is 3.44. The van der Waals surface area contributed by atoms with Crippen molar-refractivity contribution in [3.8, 4) is 16.9 Å². The van der Waals surface area contributed by atoms with Gasteiger partial charge in [0.2, 0.25) is 0 Å². The highest BCUT2D eigenvalue weighted by molar-refractivity contribution is 5.88. The van der Waals surface area contributed by atoms with E-state index in [1.54, 1.807) is 12.1 Å². The van der Waals surface area contributed by atoms with E-state index in [4.69, 9.17) is 19.2 Å². The van der Waals surface area contributed by atoms with Gasteiger partial charge < -0.3 is 24.2 Å². The number of aromatic nitrogens is 1. The van der Waals surface area contributed by atoms with Crippen LogP contribution in [0.2, 0.25) is 0 Å². The number of hydrogen-bond donors (Lipinski definition) is 1. The lowest BCUT2D eigenvalue weighted by atomic mass is 9.86. The quantitative estimate of drug-likeness (QED) is 0.282. The molecule has 1 spiro atoms. The van der Waals surface area contributed by atoms with Gasteiger partial charge in [-0.25, -0.2) is 9.18 Å². The minimum atomic E-state index is -1.17. The maximum Gasteiger partial charge on any atom is 0.337 e. The zero-order valence-corrected chi connectivity index (χ0v) is 25.9. The first-order valence-electron chi connectivity index (χ1n) is 15.2. The van der Waals surface area contributed by atoms with Gasteiger partial charge in [-0.15, -0.1) is 0 Å². The molecule has 0 amide bonds. The number of hydrogen-bond acceptors (Lipinski definition) is 6. The third-order valence-electron chi connectivity index (χ3n) is 8.43. The Bertz CT molecular complexity index is 1420. The van der Waals surface area contributed by atoms with Gasteiger partial charge in [0.15, 0.2) is 6.10 Å². The Morgan fingerprint density at radius 3 is 2.30 bits per heavy atom. The highest BCUT2D eigenvalue weighted by Crippen LogP contribution is 2.45. The lowest BCUT2D eigenvalue weighted by Crippen LogP contribution is -2.45. The van der Waals surface area contributed by atoms with Gasteiger partial charge in [0.05, 0.1) is 23.5 Å². The van der Waals surface area contributed by atoms with Gasteiger partial charge >= 0.3 is 5.97 Å². The Hall–Kier alpha value is -3.49. The van der Waals surface area contributed by atoms with Crippen LogP contribution in [0.15, 0.2) is 48.5 Å². The Labute approximate surface area is 254 Å². The van der Waals surface area contributed by atoms with E-state index < -0.39 is 17.7 Å². The molecule has 1 aromatic heterocycles. The van der Waals surface area contributed by atoms with Crippen LogP contribution < -0.4 is 9.64 Å². The highest BCUT2D eigenvalue weighted by Gasteiger charge is 2.41. The number of nitrogens with zero attached hydrogens (tertiary/aromatic N) is 2. The second kappa shape index (κ2) is 12.6. The van der Waals surface area contributed by atoms with E-state index in [1.807, 2.05) is 58.9 Å². The van der Waals surface area contributed by atoms with Crippen molar-refractivity contribution in [2.75, 3.05) is 31.2 Å². The van der Waals surface area contributed by atoms with Crippen LogP contribution in [0.3, 0.4) is 0 Å². The first kappa shape index (κ1) is 31.0. The van der Waals surface area contributed by atoms with Crippen LogP contribution in [0.25, 0.3) is 11.1 Å². The number of aliphatic carboxylic acids is 1. The normalized spacial score (nSPS) is 17.3. The summed E-state index contributed by atoms with van der Waals surface area (Å²) in [5.41, 5.74) is 5.07. The molecular weight excluding hydrogens is 547 g/mol. The second-order valence-electron chi connectivity index (χ2n) is 12.7. The maximum atomic E-state index is 13.2. The predicted octanol–water partition coefficient (Wildman–Crippen LogP) is 7.22. The van der Waals surface area contributed by atoms with Crippen molar-refractivity contribution < 1.29 is 28.5 Å². The molecule has 0 radical (unpaired) electrons. The van der Waals surface area contributed by atoms with Gasteiger partial charge in [-0.05, 0) is 95.7 Å². The number of anilines is 1. The number of aryl methyl sites for hydroxylation is 2. The molecule has 2 aliphatic heterocycles. The van der Waals surface area contributed by atoms with E-state index in [2.05, 4.69) is 4.90 Å². The molecule has 1 N–H and O–H groups in total. The predicted molar refractivity (Wildman–Crippen MR) is 165 cm³/mol. The SMILES string of the molecule is Cc1nc(C)c(C(OC(C)(C)C)C(=O)O)c(N2CCC3(CCCO3)CC2)c1-c1ccc(OCCc2ccc(F)cc2)cc1. The lowest BCUT2D eigenvalue weighted by Gasteiger charge is -2.42. The van der Waals surface area contributed by atoms with Crippen LogP contribution in [-0.4, -0.2) is 53.6 Å². The summed E-state index contributed by atoms with van der Waals surface area (Å²) in [6.45, 7) is 12.3. The molecule has 2 aromatic carbocycles.